The van der Waals surface area contributed by atoms with Crippen LogP contribution in [0.15, 0.2) is 0 Å². The van der Waals surface area contributed by atoms with Crippen molar-refractivity contribution in [3.8, 4) is 0 Å². The molecule has 0 aromatic rings. The molecule has 5 atom stereocenters. The number of hydrogen-bond acceptors (Lipinski definition) is 12. The van der Waals surface area contributed by atoms with Crippen molar-refractivity contribution in [2.75, 3.05) is 32.7 Å². The number of amides is 7. The third-order valence-corrected chi connectivity index (χ3v) is 5.66. The first kappa shape index (κ1) is 35.1. The summed E-state index contributed by atoms with van der Waals surface area (Å²) in [6.45, 7) is -0.896. The second kappa shape index (κ2) is 18.4. The van der Waals surface area contributed by atoms with Gasteiger partial charge < -0.3 is 64.6 Å². The van der Waals surface area contributed by atoms with E-state index in [9.17, 15) is 43.8 Å². The zero-order valence-electron chi connectivity index (χ0n) is 22.4. The number of nitrogens with two attached hydrogens (primary N) is 3. The second-order valence-corrected chi connectivity index (χ2v) is 8.97. The fourth-order valence-electron chi connectivity index (χ4n) is 3.51. The Morgan fingerprint density at radius 1 is 0.561 bits per heavy atom. The molecule has 15 N–H and O–H groups in total. The van der Waals surface area contributed by atoms with E-state index < -0.39 is 78.5 Å². The van der Waals surface area contributed by atoms with Crippen molar-refractivity contribution in [1.82, 2.24) is 37.2 Å². The summed E-state index contributed by atoms with van der Waals surface area (Å²) < 4.78 is 0. The van der Waals surface area contributed by atoms with Gasteiger partial charge in [-0.3, -0.25) is 33.6 Å². The van der Waals surface area contributed by atoms with Crippen LogP contribution in [0.25, 0.3) is 0 Å². The third-order valence-electron chi connectivity index (χ3n) is 5.66. The SMILES string of the molecule is NCCC1NC(=O)CCCNC(=O)C(O)NC(=O)C(CCN)NC(=O)C(CCN)NC(=O)C(O)NC(=O)CNC1=O. The number of aliphatic hydroxyl groups excluding tert-OH is 2. The van der Waals surface area contributed by atoms with E-state index in [1.165, 1.54) is 0 Å². The van der Waals surface area contributed by atoms with Crippen molar-refractivity contribution in [3.05, 3.63) is 0 Å². The zero-order valence-corrected chi connectivity index (χ0v) is 22.4. The van der Waals surface area contributed by atoms with E-state index in [2.05, 4.69) is 26.6 Å². The molecule has 1 rings (SSSR count). The minimum atomic E-state index is -2.13. The molecule has 0 bridgehead atoms. The topological polar surface area (TPSA) is 322 Å². The molecule has 0 spiro atoms. The Morgan fingerprint density at radius 2 is 1.05 bits per heavy atom. The van der Waals surface area contributed by atoms with Gasteiger partial charge in [-0.25, -0.2) is 0 Å². The number of rotatable bonds is 6. The van der Waals surface area contributed by atoms with E-state index in [4.69, 9.17) is 17.2 Å². The minimum absolute atomic E-state index is 0.0206. The van der Waals surface area contributed by atoms with Gasteiger partial charge in [0.25, 0.3) is 11.8 Å². The van der Waals surface area contributed by atoms with Crippen molar-refractivity contribution in [3.63, 3.8) is 0 Å². The molecule has 1 aliphatic heterocycles. The molecule has 1 fully saturated rings. The summed E-state index contributed by atoms with van der Waals surface area (Å²) in [5.74, 6) is -6.34. The highest BCUT2D eigenvalue weighted by Gasteiger charge is 2.30. The average Bonchev–Trinajstić information content (AvgIpc) is 2.92. The summed E-state index contributed by atoms with van der Waals surface area (Å²) in [6, 6.07) is -3.78. The van der Waals surface area contributed by atoms with Gasteiger partial charge in [0.2, 0.25) is 42.0 Å². The van der Waals surface area contributed by atoms with Crippen LogP contribution in [0.3, 0.4) is 0 Å². The van der Waals surface area contributed by atoms with E-state index in [0.29, 0.717) is 0 Å². The standard InChI is InChI=1S/C22H40N10O9/c23-6-3-11-16(35)27-10-15(34)31-22(41)21(40)30-12(4-7-24)17(36)29-13(5-8-25)18(37)32-20(39)19(38)26-9-1-2-14(33)28-11/h11-13,20,22,39,41H,1-10,23-25H2,(H,26,38)(H,27,35)(H,28,33)(H,29,36)(H,30,40)(H,31,34)(H,32,37). The number of nitrogens with one attached hydrogen (secondary N) is 7. The van der Waals surface area contributed by atoms with Gasteiger partial charge in [0.15, 0.2) is 0 Å². The molecule has 232 valence electrons. The highest BCUT2D eigenvalue weighted by molar-refractivity contribution is 5.95. The quantitative estimate of drug-likeness (QED) is 0.138. The van der Waals surface area contributed by atoms with Gasteiger partial charge in [0.1, 0.15) is 18.1 Å². The second-order valence-electron chi connectivity index (χ2n) is 8.97. The number of carbonyl (C=O) groups is 7. The predicted octanol–water partition coefficient (Wildman–Crippen LogP) is -7.62. The summed E-state index contributed by atoms with van der Waals surface area (Å²) in [7, 11) is 0. The highest BCUT2D eigenvalue weighted by atomic mass is 16.3. The van der Waals surface area contributed by atoms with Crippen molar-refractivity contribution in [2.45, 2.75) is 62.7 Å². The summed E-state index contributed by atoms with van der Waals surface area (Å²) in [4.78, 5) is 87.0. The van der Waals surface area contributed by atoms with E-state index in [1.54, 1.807) is 0 Å². The van der Waals surface area contributed by atoms with E-state index in [0.717, 1.165) is 0 Å². The van der Waals surface area contributed by atoms with Gasteiger partial charge in [-0.1, -0.05) is 0 Å². The lowest BCUT2D eigenvalue weighted by Gasteiger charge is -2.24. The van der Waals surface area contributed by atoms with Crippen LogP contribution in [0.5, 0.6) is 0 Å². The smallest absolute Gasteiger partial charge is 0.270 e. The normalized spacial score (nSPS) is 26.9. The Hall–Kier alpha value is -3.91. The van der Waals surface area contributed by atoms with Crippen molar-refractivity contribution >= 4 is 41.4 Å². The fourth-order valence-corrected chi connectivity index (χ4v) is 3.51. The first-order chi connectivity index (χ1) is 19.4. The first-order valence-corrected chi connectivity index (χ1v) is 12.9. The number of hydrogen-bond donors (Lipinski definition) is 12. The van der Waals surface area contributed by atoms with Gasteiger partial charge in [-0.15, -0.1) is 0 Å². The van der Waals surface area contributed by atoms with Crippen LogP contribution in [0.2, 0.25) is 0 Å². The van der Waals surface area contributed by atoms with Crippen LogP contribution in [-0.2, 0) is 33.6 Å². The van der Waals surface area contributed by atoms with Gasteiger partial charge in [-0.2, -0.15) is 0 Å². The van der Waals surface area contributed by atoms with E-state index in [1.807, 2.05) is 10.6 Å². The molecule has 1 aliphatic rings. The molecule has 5 unspecified atom stereocenters. The summed E-state index contributed by atoms with van der Waals surface area (Å²) in [5, 5.41) is 35.7. The largest absolute Gasteiger partial charge is 0.365 e. The van der Waals surface area contributed by atoms with Crippen molar-refractivity contribution in [1.29, 1.82) is 0 Å². The third kappa shape index (κ3) is 12.9. The molecule has 7 amide bonds. The molecule has 1 saturated heterocycles. The molecular weight excluding hydrogens is 548 g/mol. The Labute approximate surface area is 235 Å². The van der Waals surface area contributed by atoms with Crippen molar-refractivity contribution in [2.24, 2.45) is 17.2 Å². The molecule has 0 radical (unpaired) electrons. The Morgan fingerprint density at radius 3 is 1.61 bits per heavy atom. The van der Waals surface area contributed by atoms with E-state index >= 15 is 0 Å². The molecule has 19 nitrogen and oxygen atoms in total. The van der Waals surface area contributed by atoms with Gasteiger partial charge in [0.05, 0.1) is 6.54 Å². The molecular formula is C22H40N10O9. The molecule has 0 aliphatic carbocycles. The van der Waals surface area contributed by atoms with Crippen LogP contribution >= 0.6 is 0 Å². The summed E-state index contributed by atoms with van der Waals surface area (Å²) in [6.07, 6.45) is -4.39. The van der Waals surface area contributed by atoms with Crippen LogP contribution in [0, 0.1) is 0 Å². The Bertz CT molecular complexity index is 951. The van der Waals surface area contributed by atoms with Gasteiger partial charge >= 0.3 is 0 Å². The molecule has 19 heteroatoms. The van der Waals surface area contributed by atoms with Crippen LogP contribution in [0.1, 0.15) is 32.1 Å². The van der Waals surface area contributed by atoms with Crippen LogP contribution < -0.4 is 54.4 Å². The Balaban J connectivity index is 3.13. The lowest BCUT2D eigenvalue weighted by atomic mass is 10.1. The fraction of sp³-hybridized carbons (Fsp3) is 0.682. The molecule has 41 heavy (non-hydrogen) atoms. The highest BCUT2D eigenvalue weighted by Crippen LogP contribution is 1.99. The molecule has 0 saturated carbocycles. The lowest BCUT2D eigenvalue weighted by Crippen LogP contribution is -2.59. The molecule has 0 aromatic carbocycles. The lowest BCUT2D eigenvalue weighted by molar-refractivity contribution is -0.140. The maximum Gasteiger partial charge on any atom is 0.270 e. The van der Waals surface area contributed by atoms with E-state index in [-0.39, 0.29) is 58.3 Å². The maximum absolute atomic E-state index is 12.8. The molecule has 1 heterocycles. The first-order valence-electron chi connectivity index (χ1n) is 12.9. The van der Waals surface area contributed by atoms with Crippen molar-refractivity contribution < 1.29 is 43.8 Å². The maximum atomic E-state index is 12.8. The van der Waals surface area contributed by atoms with Crippen LogP contribution in [0.4, 0.5) is 0 Å². The summed E-state index contributed by atoms with van der Waals surface area (Å²) in [5.41, 5.74) is 16.5. The predicted molar refractivity (Wildman–Crippen MR) is 140 cm³/mol. The average molecular weight is 589 g/mol. The minimum Gasteiger partial charge on any atom is -0.365 e. The molecule has 0 aromatic heterocycles. The monoisotopic (exact) mass is 588 g/mol. The zero-order chi connectivity index (χ0) is 30.9. The van der Waals surface area contributed by atoms with Crippen LogP contribution in [-0.4, -0.2) is 115 Å². The number of aliphatic hydroxyl groups is 2. The summed E-state index contributed by atoms with van der Waals surface area (Å²) >= 11 is 0. The number of carbonyl (C=O) groups excluding carboxylic acids is 7. The van der Waals surface area contributed by atoms with Gasteiger partial charge in [0, 0.05) is 13.0 Å². The Kier molecular flexibility index (Phi) is 15.8. The van der Waals surface area contributed by atoms with Gasteiger partial charge in [-0.05, 0) is 45.3 Å².